The van der Waals surface area contributed by atoms with Crippen LogP contribution in [-0.4, -0.2) is 63.3 Å². The van der Waals surface area contributed by atoms with E-state index in [2.05, 4.69) is 31.1 Å². The zero-order valence-electron chi connectivity index (χ0n) is 26.9. The van der Waals surface area contributed by atoms with Crippen LogP contribution >= 0.6 is 11.3 Å². The number of carbonyl (C=O) groups excluding carboxylic acids is 7. The fourth-order valence-corrected chi connectivity index (χ4v) is 4.77. The topological polar surface area (TPSA) is 202 Å². The van der Waals surface area contributed by atoms with Crippen molar-refractivity contribution < 1.29 is 43.0 Å². The highest BCUT2D eigenvalue weighted by atomic mass is 32.1. The van der Waals surface area contributed by atoms with Gasteiger partial charge in [-0.25, -0.2) is 19.6 Å². The number of carbonyl (C=O) groups is 7. The molecule has 3 rings (SSSR count). The number of amides is 5. The van der Waals surface area contributed by atoms with Gasteiger partial charge >= 0.3 is 23.9 Å². The van der Waals surface area contributed by atoms with Crippen LogP contribution in [-0.2, 0) is 40.0 Å². The molecule has 0 fully saturated rings. The van der Waals surface area contributed by atoms with E-state index in [0.29, 0.717) is 10.6 Å². The Morgan fingerprint density at radius 2 is 1.54 bits per heavy atom. The fourth-order valence-electron chi connectivity index (χ4n) is 4.08. The summed E-state index contributed by atoms with van der Waals surface area (Å²) in [7, 11) is 0. The molecule has 0 radical (unpaired) electrons. The van der Waals surface area contributed by atoms with Crippen molar-refractivity contribution in [3.05, 3.63) is 82.9 Å². The van der Waals surface area contributed by atoms with Crippen LogP contribution in [0.4, 0.5) is 9.93 Å². The first-order chi connectivity index (χ1) is 22.6. The summed E-state index contributed by atoms with van der Waals surface area (Å²) in [6.45, 7) is 7.15. The number of thiazole rings is 1. The second-order valence-electron chi connectivity index (χ2n) is 11.2. The molecule has 16 heteroatoms. The lowest BCUT2D eigenvalue weighted by molar-refractivity contribution is -0.161. The number of hydrogen-bond acceptors (Lipinski definition) is 11. The molecule has 1 unspecified atom stereocenters. The second-order valence-corrected chi connectivity index (χ2v) is 12.1. The lowest BCUT2D eigenvalue weighted by Crippen LogP contribution is -2.58. The molecule has 1 heterocycles. The molecule has 5 amide bonds. The molecule has 3 aromatic rings. The number of hydrazine groups is 1. The van der Waals surface area contributed by atoms with E-state index in [-0.39, 0.29) is 17.4 Å². The number of esters is 3. The molecule has 48 heavy (non-hydrogen) atoms. The number of nitrogens with one attached hydrogen (secondary N) is 4. The van der Waals surface area contributed by atoms with Crippen LogP contribution in [0.2, 0.25) is 0 Å². The van der Waals surface area contributed by atoms with Gasteiger partial charge < -0.3 is 20.1 Å². The Hall–Kier alpha value is -5.64. The molecule has 0 aliphatic carbocycles. The predicted molar refractivity (Wildman–Crippen MR) is 173 cm³/mol. The minimum Gasteiger partial charge on any atom is -0.458 e. The van der Waals surface area contributed by atoms with E-state index in [1.165, 1.54) is 5.38 Å². The van der Waals surface area contributed by atoms with Crippen molar-refractivity contribution in [2.75, 3.05) is 5.32 Å². The van der Waals surface area contributed by atoms with E-state index in [0.717, 1.165) is 30.7 Å². The summed E-state index contributed by atoms with van der Waals surface area (Å²) in [6.07, 6.45) is -0.882. The molecule has 1 aromatic heterocycles. The molecule has 0 aliphatic rings. The molecule has 2 atom stereocenters. The molecular formula is C32H36N6O9S. The number of benzene rings is 2. The van der Waals surface area contributed by atoms with Crippen molar-refractivity contribution in [1.82, 2.24) is 26.1 Å². The normalized spacial score (nSPS) is 12.0. The van der Waals surface area contributed by atoms with Gasteiger partial charge in [0.2, 0.25) is 11.8 Å². The molecule has 0 aliphatic heterocycles. The summed E-state index contributed by atoms with van der Waals surface area (Å²) in [5.41, 5.74) is 2.30. The Balaban J connectivity index is 1.82. The van der Waals surface area contributed by atoms with Gasteiger partial charge in [0.15, 0.2) is 11.2 Å². The van der Waals surface area contributed by atoms with Crippen LogP contribution in [0.15, 0.2) is 66.0 Å². The first-order valence-corrected chi connectivity index (χ1v) is 15.5. The van der Waals surface area contributed by atoms with E-state index in [1.807, 2.05) is 30.3 Å². The Bertz CT molecular complexity index is 1640. The monoisotopic (exact) mass is 680 g/mol. The first-order valence-electron chi connectivity index (χ1n) is 14.6. The van der Waals surface area contributed by atoms with E-state index in [4.69, 9.17) is 4.74 Å². The molecule has 0 saturated heterocycles. The quantitative estimate of drug-likeness (QED) is 0.132. The number of anilines is 1. The number of nitrogens with zero attached hydrogens (tertiary/aromatic N) is 2. The SMILES string of the molecule is CC(=O)OC(=O)C[C@@H](C(=O)NC(C(=O)OC(C)(C)C)c1ccccc1)N(NC(=O)c1csc(NC(=O)NCc2ccccc2)n1)C(C)=O. The van der Waals surface area contributed by atoms with E-state index in [9.17, 15) is 33.6 Å². The van der Waals surface area contributed by atoms with Crippen molar-refractivity contribution in [3.63, 3.8) is 0 Å². The van der Waals surface area contributed by atoms with Crippen molar-refractivity contribution in [2.24, 2.45) is 0 Å². The number of ether oxygens (including phenoxy) is 2. The first kappa shape index (κ1) is 36.8. The highest BCUT2D eigenvalue weighted by molar-refractivity contribution is 7.14. The molecule has 2 aromatic carbocycles. The largest absolute Gasteiger partial charge is 0.458 e. The maximum atomic E-state index is 13.7. The van der Waals surface area contributed by atoms with Gasteiger partial charge in [-0.3, -0.25) is 34.7 Å². The maximum Gasteiger partial charge on any atom is 0.333 e. The van der Waals surface area contributed by atoms with Gasteiger partial charge in [0.25, 0.3) is 5.91 Å². The van der Waals surface area contributed by atoms with Gasteiger partial charge in [-0.2, -0.15) is 0 Å². The number of hydrogen-bond donors (Lipinski definition) is 4. The summed E-state index contributed by atoms with van der Waals surface area (Å²) in [4.78, 5) is 93.4. The van der Waals surface area contributed by atoms with Crippen LogP contribution in [0, 0.1) is 0 Å². The average molecular weight is 681 g/mol. The van der Waals surface area contributed by atoms with Crippen molar-refractivity contribution in [1.29, 1.82) is 0 Å². The molecule has 0 saturated carbocycles. The van der Waals surface area contributed by atoms with Gasteiger partial charge in [0.05, 0.1) is 6.42 Å². The minimum absolute atomic E-state index is 0.0579. The zero-order chi connectivity index (χ0) is 35.4. The standard InChI is InChI=1S/C32H36N6O9S/c1-19(39)38(37-27(42)23-18-48-31(34-23)36-30(45)33-17-21-12-8-6-9-13-21)24(16-25(41)46-20(2)40)28(43)35-26(22-14-10-7-11-15-22)29(44)47-32(3,4)5/h6-15,18,24,26H,16-17H2,1-5H3,(H,35,43)(H,37,42)(H2,33,34,36,45)/t24-,26?/m0/s1. The van der Waals surface area contributed by atoms with Crippen LogP contribution in [0.3, 0.4) is 0 Å². The lowest BCUT2D eigenvalue weighted by Gasteiger charge is -2.31. The molecular weight excluding hydrogens is 644 g/mol. The summed E-state index contributed by atoms with van der Waals surface area (Å²) in [5, 5.41) is 9.58. The zero-order valence-corrected chi connectivity index (χ0v) is 27.7. The van der Waals surface area contributed by atoms with E-state index in [1.54, 1.807) is 51.1 Å². The molecule has 254 valence electrons. The third kappa shape index (κ3) is 11.6. The lowest BCUT2D eigenvalue weighted by atomic mass is 10.0. The van der Waals surface area contributed by atoms with Crippen LogP contribution in [0.1, 0.15) is 68.7 Å². The van der Waals surface area contributed by atoms with Gasteiger partial charge in [-0.1, -0.05) is 60.7 Å². The third-order valence-corrected chi connectivity index (χ3v) is 6.87. The summed E-state index contributed by atoms with van der Waals surface area (Å²) >= 11 is 0.920. The van der Waals surface area contributed by atoms with Crippen molar-refractivity contribution in [2.45, 2.75) is 65.3 Å². The maximum absolute atomic E-state index is 13.7. The molecule has 0 spiro atoms. The van der Waals surface area contributed by atoms with Crippen LogP contribution in [0.25, 0.3) is 0 Å². The Morgan fingerprint density at radius 1 is 0.917 bits per heavy atom. The predicted octanol–water partition coefficient (Wildman–Crippen LogP) is 3.01. The number of urea groups is 1. The van der Waals surface area contributed by atoms with Crippen molar-refractivity contribution >= 4 is 58.1 Å². The van der Waals surface area contributed by atoms with Crippen molar-refractivity contribution in [3.8, 4) is 0 Å². The van der Waals surface area contributed by atoms with E-state index < -0.39 is 65.8 Å². The Labute approximate surface area is 280 Å². The number of rotatable bonds is 11. The smallest absolute Gasteiger partial charge is 0.333 e. The molecule has 4 N–H and O–H groups in total. The molecule has 15 nitrogen and oxygen atoms in total. The minimum atomic E-state index is -1.80. The highest BCUT2D eigenvalue weighted by Crippen LogP contribution is 2.20. The van der Waals surface area contributed by atoms with Crippen LogP contribution in [0.5, 0.6) is 0 Å². The van der Waals surface area contributed by atoms with Crippen LogP contribution < -0.4 is 21.4 Å². The fraction of sp³-hybridized carbons (Fsp3) is 0.312. The van der Waals surface area contributed by atoms with Gasteiger partial charge in [0.1, 0.15) is 17.3 Å². The molecule has 0 bridgehead atoms. The summed E-state index contributed by atoms with van der Waals surface area (Å²) in [6, 6.07) is 13.5. The number of aromatic nitrogens is 1. The third-order valence-electron chi connectivity index (χ3n) is 6.11. The Kier molecular flexibility index (Phi) is 12.9. The van der Waals surface area contributed by atoms with Gasteiger partial charge in [0, 0.05) is 25.8 Å². The Morgan fingerprint density at radius 3 is 2.12 bits per heavy atom. The average Bonchev–Trinajstić information content (AvgIpc) is 3.48. The van der Waals surface area contributed by atoms with Gasteiger partial charge in [-0.15, -0.1) is 11.3 Å². The second kappa shape index (κ2) is 16.8. The van der Waals surface area contributed by atoms with E-state index >= 15 is 0 Å². The summed E-state index contributed by atoms with van der Waals surface area (Å²) in [5.74, 6) is -5.89. The van der Waals surface area contributed by atoms with Gasteiger partial charge in [-0.05, 0) is 31.9 Å². The highest BCUT2D eigenvalue weighted by Gasteiger charge is 2.37. The summed E-state index contributed by atoms with van der Waals surface area (Å²) < 4.78 is 10.1.